The molecule has 0 unspecified atom stereocenters. The quantitative estimate of drug-likeness (QED) is 0.375. The molecular formula is C23H15ClN2. The molecule has 0 saturated heterocycles. The first-order valence-corrected chi connectivity index (χ1v) is 8.90. The standard InChI is InChI=1S/C23H15ClN2/c24-17-11-13-19-16(14-17)10-12-21(25-19)22-18-8-4-5-9-20(18)26-23(22)15-6-2-1-3-7-15/h1-14,26H. The van der Waals surface area contributed by atoms with Crippen LogP contribution in [-0.4, -0.2) is 9.97 Å². The number of hydrogen-bond acceptors (Lipinski definition) is 1. The number of halogens is 1. The van der Waals surface area contributed by atoms with E-state index in [1.165, 1.54) is 5.39 Å². The van der Waals surface area contributed by atoms with Gasteiger partial charge in [-0.15, -0.1) is 0 Å². The molecule has 0 bridgehead atoms. The first-order chi connectivity index (χ1) is 12.8. The van der Waals surface area contributed by atoms with E-state index in [2.05, 4.69) is 59.6 Å². The summed E-state index contributed by atoms with van der Waals surface area (Å²) < 4.78 is 0. The topological polar surface area (TPSA) is 28.7 Å². The van der Waals surface area contributed by atoms with Crippen molar-refractivity contribution in [3.8, 4) is 22.5 Å². The molecule has 3 heteroatoms. The molecule has 2 nitrogen and oxygen atoms in total. The van der Waals surface area contributed by atoms with Crippen molar-refractivity contribution in [2.24, 2.45) is 0 Å². The number of nitrogens with zero attached hydrogens (tertiary/aromatic N) is 1. The van der Waals surface area contributed by atoms with E-state index >= 15 is 0 Å². The van der Waals surface area contributed by atoms with E-state index in [-0.39, 0.29) is 0 Å². The minimum absolute atomic E-state index is 0.726. The molecule has 2 aromatic heterocycles. The van der Waals surface area contributed by atoms with E-state index in [0.717, 1.165) is 44.0 Å². The second kappa shape index (κ2) is 6.01. The van der Waals surface area contributed by atoms with Crippen LogP contribution in [0.25, 0.3) is 44.3 Å². The fourth-order valence-corrected chi connectivity index (χ4v) is 3.65. The highest BCUT2D eigenvalue weighted by Crippen LogP contribution is 2.38. The Hall–Kier alpha value is -3.10. The molecule has 124 valence electrons. The van der Waals surface area contributed by atoms with Crippen molar-refractivity contribution >= 4 is 33.4 Å². The second-order valence-corrected chi connectivity index (χ2v) is 6.76. The zero-order valence-corrected chi connectivity index (χ0v) is 14.7. The van der Waals surface area contributed by atoms with Crippen molar-refractivity contribution in [2.45, 2.75) is 0 Å². The van der Waals surface area contributed by atoms with Crippen LogP contribution in [-0.2, 0) is 0 Å². The fraction of sp³-hybridized carbons (Fsp3) is 0. The SMILES string of the molecule is Clc1ccc2nc(-c3c(-c4ccccc4)[nH]c4ccccc34)ccc2c1. The molecule has 0 radical (unpaired) electrons. The molecule has 0 aliphatic rings. The first-order valence-electron chi connectivity index (χ1n) is 8.52. The normalized spacial score (nSPS) is 11.3. The number of aromatic nitrogens is 2. The number of para-hydroxylation sites is 1. The number of rotatable bonds is 2. The van der Waals surface area contributed by atoms with E-state index in [0.29, 0.717) is 0 Å². The van der Waals surface area contributed by atoms with E-state index < -0.39 is 0 Å². The van der Waals surface area contributed by atoms with Gasteiger partial charge in [0.15, 0.2) is 0 Å². The molecule has 1 N–H and O–H groups in total. The van der Waals surface area contributed by atoms with Gasteiger partial charge in [0.05, 0.1) is 16.9 Å². The Labute approximate surface area is 156 Å². The van der Waals surface area contributed by atoms with Gasteiger partial charge in [0.1, 0.15) is 0 Å². The smallest absolute Gasteiger partial charge is 0.0737 e. The van der Waals surface area contributed by atoms with Crippen LogP contribution in [0.2, 0.25) is 5.02 Å². The Morgan fingerprint density at radius 1 is 0.769 bits per heavy atom. The Bertz CT molecular complexity index is 1240. The van der Waals surface area contributed by atoms with Gasteiger partial charge < -0.3 is 4.98 Å². The lowest BCUT2D eigenvalue weighted by Gasteiger charge is -2.07. The first kappa shape index (κ1) is 15.2. The van der Waals surface area contributed by atoms with Crippen LogP contribution in [0.3, 0.4) is 0 Å². The average molecular weight is 355 g/mol. The molecule has 0 aliphatic carbocycles. The third-order valence-electron chi connectivity index (χ3n) is 4.68. The maximum absolute atomic E-state index is 6.11. The van der Waals surface area contributed by atoms with Gasteiger partial charge in [-0.25, -0.2) is 4.98 Å². The van der Waals surface area contributed by atoms with Gasteiger partial charge in [-0.05, 0) is 35.9 Å². The minimum Gasteiger partial charge on any atom is -0.354 e. The number of H-pyrrole nitrogens is 1. The molecule has 0 spiro atoms. The van der Waals surface area contributed by atoms with Gasteiger partial charge in [-0.1, -0.05) is 66.2 Å². The van der Waals surface area contributed by atoms with Gasteiger partial charge in [0.25, 0.3) is 0 Å². The number of benzene rings is 3. The molecule has 3 aromatic carbocycles. The van der Waals surface area contributed by atoms with E-state index in [1.54, 1.807) is 0 Å². The van der Waals surface area contributed by atoms with Crippen molar-refractivity contribution in [2.75, 3.05) is 0 Å². The van der Waals surface area contributed by atoms with Crippen molar-refractivity contribution < 1.29 is 0 Å². The number of aromatic amines is 1. The Morgan fingerprint density at radius 2 is 1.58 bits per heavy atom. The highest BCUT2D eigenvalue weighted by molar-refractivity contribution is 6.31. The van der Waals surface area contributed by atoms with Crippen molar-refractivity contribution in [3.63, 3.8) is 0 Å². The summed E-state index contributed by atoms with van der Waals surface area (Å²) in [6, 6.07) is 28.7. The minimum atomic E-state index is 0.726. The van der Waals surface area contributed by atoms with Gasteiger partial charge in [0.2, 0.25) is 0 Å². The Kier molecular flexibility index (Phi) is 3.51. The Balaban J connectivity index is 1.82. The van der Waals surface area contributed by atoms with Crippen LogP contribution in [0.4, 0.5) is 0 Å². The van der Waals surface area contributed by atoms with Gasteiger partial charge >= 0.3 is 0 Å². The molecule has 0 fully saturated rings. The summed E-state index contributed by atoms with van der Waals surface area (Å²) in [5.74, 6) is 0. The maximum Gasteiger partial charge on any atom is 0.0737 e. The summed E-state index contributed by atoms with van der Waals surface area (Å²) in [5, 5.41) is 2.94. The predicted molar refractivity (Wildman–Crippen MR) is 109 cm³/mol. The van der Waals surface area contributed by atoms with Crippen molar-refractivity contribution in [3.05, 3.63) is 90.0 Å². The largest absolute Gasteiger partial charge is 0.354 e. The van der Waals surface area contributed by atoms with Crippen LogP contribution in [0, 0.1) is 0 Å². The van der Waals surface area contributed by atoms with Crippen LogP contribution in [0.15, 0.2) is 84.9 Å². The van der Waals surface area contributed by atoms with Crippen LogP contribution < -0.4 is 0 Å². The number of fused-ring (bicyclic) bond motifs is 2. The zero-order chi connectivity index (χ0) is 17.5. The molecule has 26 heavy (non-hydrogen) atoms. The molecule has 5 aromatic rings. The lowest BCUT2D eigenvalue weighted by Crippen LogP contribution is -1.87. The number of hydrogen-bond donors (Lipinski definition) is 1. The highest BCUT2D eigenvalue weighted by Gasteiger charge is 2.16. The highest BCUT2D eigenvalue weighted by atomic mass is 35.5. The zero-order valence-electron chi connectivity index (χ0n) is 13.9. The lowest BCUT2D eigenvalue weighted by atomic mass is 10.0. The lowest BCUT2D eigenvalue weighted by molar-refractivity contribution is 1.39. The van der Waals surface area contributed by atoms with Gasteiger partial charge in [0, 0.05) is 26.9 Å². The molecule has 0 atom stereocenters. The third kappa shape index (κ3) is 2.47. The number of pyridine rings is 1. The van der Waals surface area contributed by atoms with Crippen molar-refractivity contribution in [1.29, 1.82) is 0 Å². The van der Waals surface area contributed by atoms with Gasteiger partial charge in [-0.3, -0.25) is 0 Å². The van der Waals surface area contributed by atoms with E-state index in [4.69, 9.17) is 16.6 Å². The molecule has 5 rings (SSSR count). The molecule has 0 saturated carbocycles. The third-order valence-corrected chi connectivity index (χ3v) is 4.91. The van der Waals surface area contributed by atoms with Crippen LogP contribution >= 0.6 is 11.6 Å². The maximum atomic E-state index is 6.11. The summed E-state index contributed by atoms with van der Waals surface area (Å²) in [4.78, 5) is 8.49. The monoisotopic (exact) mass is 354 g/mol. The number of nitrogens with one attached hydrogen (secondary N) is 1. The molecular weight excluding hydrogens is 340 g/mol. The molecule has 2 heterocycles. The summed E-state index contributed by atoms with van der Waals surface area (Å²) in [6.07, 6.45) is 0. The summed E-state index contributed by atoms with van der Waals surface area (Å²) >= 11 is 6.11. The van der Waals surface area contributed by atoms with Crippen LogP contribution in [0.1, 0.15) is 0 Å². The molecule has 0 aliphatic heterocycles. The van der Waals surface area contributed by atoms with Crippen molar-refractivity contribution in [1.82, 2.24) is 9.97 Å². The Morgan fingerprint density at radius 3 is 2.46 bits per heavy atom. The average Bonchev–Trinajstić information content (AvgIpc) is 3.08. The van der Waals surface area contributed by atoms with Gasteiger partial charge in [-0.2, -0.15) is 0 Å². The van der Waals surface area contributed by atoms with E-state index in [1.807, 2.05) is 30.3 Å². The second-order valence-electron chi connectivity index (χ2n) is 6.32. The predicted octanol–water partition coefficient (Wildman–Crippen LogP) is 6.70. The summed E-state index contributed by atoms with van der Waals surface area (Å²) in [7, 11) is 0. The van der Waals surface area contributed by atoms with Crippen LogP contribution in [0.5, 0.6) is 0 Å². The van der Waals surface area contributed by atoms with E-state index in [9.17, 15) is 0 Å². The summed E-state index contributed by atoms with van der Waals surface area (Å²) in [5.41, 5.74) is 6.37. The summed E-state index contributed by atoms with van der Waals surface area (Å²) in [6.45, 7) is 0. The molecule has 0 amide bonds. The fourth-order valence-electron chi connectivity index (χ4n) is 3.47.